The standard InChI is InChI=1S/C11H11NO6/c1-2-17-11(14)7-5-8(13)6-3-4-18-10(6)9(7)12(15)16/h5,13H,2-4H2,1H3. The molecule has 0 radical (unpaired) electrons. The third kappa shape index (κ3) is 1.83. The van der Waals surface area contributed by atoms with Gasteiger partial charge in [-0.15, -0.1) is 0 Å². The predicted molar refractivity (Wildman–Crippen MR) is 59.9 cm³/mol. The third-order valence-electron chi connectivity index (χ3n) is 2.61. The average Bonchev–Trinajstić information content (AvgIpc) is 2.77. The van der Waals surface area contributed by atoms with E-state index in [1.807, 2.05) is 0 Å². The molecular weight excluding hydrogens is 242 g/mol. The molecule has 1 aliphatic heterocycles. The number of aromatic hydroxyl groups is 1. The molecule has 0 spiro atoms. The van der Waals surface area contributed by atoms with E-state index in [0.29, 0.717) is 12.0 Å². The molecule has 0 saturated carbocycles. The summed E-state index contributed by atoms with van der Waals surface area (Å²) in [5, 5.41) is 20.8. The molecule has 7 nitrogen and oxygen atoms in total. The lowest BCUT2D eigenvalue weighted by molar-refractivity contribution is -0.386. The average molecular weight is 253 g/mol. The minimum Gasteiger partial charge on any atom is -0.507 e. The fourth-order valence-corrected chi connectivity index (χ4v) is 1.87. The summed E-state index contributed by atoms with van der Waals surface area (Å²) in [7, 11) is 0. The summed E-state index contributed by atoms with van der Waals surface area (Å²) in [5.41, 5.74) is -0.381. The van der Waals surface area contributed by atoms with Crippen LogP contribution in [0.2, 0.25) is 0 Å². The Labute approximate surface area is 102 Å². The predicted octanol–water partition coefficient (Wildman–Crippen LogP) is 1.41. The van der Waals surface area contributed by atoms with Crippen LogP contribution in [0.4, 0.5) is 5.69 Å². The molecule has 2 rings (SSSR count). The SMILES string of the molecule is CCOC(=O)c1cc(O)c2c(c1[N+](=O)[O-])OCC2. The number of phenols is 1. The summed E-state index contributed by atoms with van der Waals surface area (Å²) in [6.45, 7) is 1.93. The lowest BCUT2D eigenvalue weighted by Crippen LogP contribution is -2.09. The highest BCUT2D eigenvalue weighted by Gasteiger charge is 2.34. The van der Waals surface area contributed by atoms with Gasteiger partial charge in [-0.05, 0) is 6.92 Å². The van der Waals surface area contributed by atoms with Gasteiger partial charge in [0.15, 0.2) is 0 Å². The molecule has 1 aliphatic rings. The number of hydrogen-bond acceptors (Lipinski definition) is 6. The summed E-state index contributed by atoms with van der Waals surface area (Å²) in [5.74, 6) is -1.07. The highest BCUT2D eigenvalue weighted by Crippen LogP contribution is 2.43. The molecule has 1 aromatic carbocycles. The van der Waals surface area contributed by atoms with E-state index in [0.717, 1.165) is 6.07 Å². The highest BCUT2D eigenvalue weighted by molar-refractivity contribution is 5.96. The molecule has 1 aromatic rings. The van der Waals surface area contributed by atoms with Crippen LogP contribution in [0, 0.1) is 10.1 Å². The molecule has 7 heteroatoms. The number of ether oxygens (including phenoxy) is 2. The summed E-state index contributed by atoms with van der Waals surface area (Å²) in [6.07, 6.45) is 0.380. The first-order chi connectivity index (χ1) is 8.56. The normalized spacial score (nSPS) is 12.7. The fourth-order valence-electron chi connectivity index (χ4n) is 1.87. The van der Waals surface area contributed by atoms with Gasteiger partial charge in [-0.1, -0.05) is 0 Å². The first-order valence-corrected chi connectivity index (χ1v) is 5.39. The van der Waals surface area contributed by atoms with Gasteiger partial charge in [0.25, 0.3) is 0 Å². The first-order valence-electron chi connectivity index (χ1n) is 5.39. The van der Waals surface area contributed by atoms with Crippen molar-refractivity contribution in [2.45, 2.75) is 13.3 Å². The maximum Gasteiger partial charge on any atom is 0.345 e. The molecule has 18 heavy (non-hydrogen) atoms. The van der Waals surface area contributed by atoms with Crippen LogP contribution in [-0.4, -0.2) is 29.2 Å². The van der Waals surface area contributed by atoms with Crippen LogP contribution in [0.3, 0.4) is 0 Å². The van der Waals surface area contributed by atoms with Crippen molar-refractivity contribution in [3.63, 3.8) is 0 Å². The van der Waals surface area contributed by atoms with Gasteiger partial charge < -0.3 is 14.6 Å². The maximum atomic E-state index is 11.6. The maximum absolute atomic E-state index is 11.6. The Morgan fingerprint density at radius 3 is 3.00 bits per heavy atom. The Bertz CT molecular complexity index is 525. The third-order valence-corrected chi connectivity index (χ3v) is 2.61. The van der Waals surface area contributed by atoms with Gasteiger partial charge in [0.1, 0.15) is 11.3 Å². The molecule has 0 atom stereocenters. The molecule has 0 aromatic heterocycles. The summed E-state index contributed by atoms with van der Waals surface area (Å²) >= 11 is 0. The Kier molecular flexibility index (Phi) is 3.05. The van der Waals surface area contributed by atoms with E-state index >= 15 is 0 Å². The largest absolute Gasteiger partial charge is 0.507 e. The highest BCUT2D eigenvalue weighted by atomic mass is 16.6. The first kappa shape index (κ1) is 12.2. The quantitative estimate of drug-likeness (QED) is 0.496. The van der Waals surface area contributed by atoms with E-state index < -0.39 is 16.6 Å². The molecule has 0 bridgehead atoms. The van der Waals surface area contributed by atoms with Crippen molar-refractivity contribution in [1.29, 1.82) is 0 Å². The Morgan fingerprint density at radius 1 is 1.67 bits per heavy atom. The number of rotatable bonds is 3. The molecule has 96 valence electrons. The van der Waals surface area contributed by atoms with Gasteiger partial charge in [-0.3, -0.25) is 10.1 Å². The molecule has 1 heterocycles. The van der Waals surface area contributed by atoms with Crippen LogP contribution < -0.4 is 4.74 Å². The number of nitrogens with zero attached hydrogens (tertiary/aromatic N) is 1. The van der Waals surface area contributed by atoms with Gasteiger partial charge in [0.05, 0.1) is 18.1 Å². The van der Waals surface area contributed by atoms with Crippen molar-refractivity contribution in [3.8, 4) is 11.5 Å². The van der Waals surface area contributed by atoms with Crippen LogP contribution in [-0.2, 0) is 11.2 Å². The van der Waals surface area contributed by atoms with Gasteiger partial charge in [-0.25, -0.2) is 4.79 Å². The number of hydrogen-bond donors (Lipinski definition) is 1. The molecule has 0 amide bonds. The van der Waals surface area contributed by atoms with Crippen molar-refractivity contribution in [2.75, 3.05) is 13.2 Å². The number of carbonyl (C=O) groups excluding carboxylic acids is 1. The van der Waals surface area contributed by atoms with E-state index in [9.17, 15) is 20.0 Å². The van der Waals surface area contributed by atoms with E-state index in [-0.39, 0.29) is 30.3 Å². The van der Waals surface area contributed by atoms with Crippen molar-refractivity contribution in [1.82, 2.24) is 0 Å². The molecule has 0 unspecified atom stereocenters. The second kappa shape index (κ2) is 4.52. The zero-order valence-electron chi connectivity index (χ0n) is 9.63. The summed E-state index contributed by atoms with van der Waals surface area (Å²) < 4.78 is 9.85. The monoisotopic (exact) mass is 253 g/mol. The van der Waals surface area contributed by atoms with E-state index in [2.05, 4.69) is 0 Å². The van der Waals surface area contributed by atoms with E-state index in [4.69, 9.17) is 9.47 Å². The minimum atomic E-state index is -0.849. The summed E-state index contributed by atoms with van der Waals surface area (Å²) in [4.78, 5) is 22.0. The number of benzene rings is 1. The zero-order chi connectivity index (χ0) is 13.3. The second-order valence-corrected chi connectivity index (χ2v) is 3.68. The number of fused-ring (bicyclic) bond motifs is 1. The van der Waals surface area contributed by atoms with E-state index in [1.54, 1.807) is 6.92 Å². The van der Waals surface area contributed by atoms with Gasteiger partial charge in [-0.2, -0.15) is 0 Å². The number of nitro groups is 1. The van der Waals surface area contributed by atoms with Crippen LogP contribution in [0.5, 0.6) is 11.5 Å². The number of phenolic OH excluding ortho intramolecular Hbond substituents is 1. The van der Waals surface area contributed by atoms with Crippen LogP contribution in [0.25, 0.3) is 0 Å². The lowest BCUT2D eigenvalue weighted by Gasteiger charge is -2.08. The van der Waals surface area contributed by atoms with Crippen LogP contribution >= 0.6 is 0 Å². The van der Waals surface area contributed by atoms with Gasteiger partial charge >= 0.3 is 11.7 Å². The number of nitro benzene ring substituents is 1. The Morgan fingerprint density at radius 2 is 2.39 bits per heavy atom. The Balaban J connectivity index is 2.62. The van der Waals surface area contributed by atoms with Crippen LogP contribution in [0.1, 0.15) is 22.8 Å². The zero-order valence-corrected chi connectivity index (χ0v) is 9.63. The fraction of sp³-hybridized carbons (Fsp3) is 0.364. The number of carbonyl (C=O) groups is 1. The number of esters is 1. The lowest BCUT2D eigenvalue weighted by atomic mass is 10.1. The molecule has 0 aliphatic carbocycles. The molecule has 0 saturated heterocycles. The van der Waals surface area contributed by atoms with E-state index in [1.165, 1.54) is 0 Å². The van der Waals surface area contributed by atoms with Crippen molar-refractivity contribution < 1.29 is 24.3 Å². The molecule has 0 fully saturated rings. The van der Waals surface area contributed by atoms with Crippen LogP contribution in [0.15, 0.2) is 6.07 Å². The Hall–Kier alpha value is -2.31. The topological polar surface area (TPSA) is 98.9 Å². The molecular formula is C11H11NO6. The molecule has 1 N–H and O–H groups in total. The van der Waals surface area contributed by atoms with Gasteiger partial charge in [0.2, 0.25) is 5.75 Å². The van der Waals surface area contributed by atoms with Gasteiger partial charge in [0, 0.05) is 18.1 Å². The second-order valence-electron chi connectivity index (χ2n) is 3.68. The van der Waals surface area contributed by atoms with Crippen molar-refractivity contribution >= 4 is 11.7 Å². The van der Waals surface area contributed by atoms with Crippen molar-refractivity contribution in [3.05, 3.63) is 27.3 Å². The smallest absolute Gasteiger partial charge is 0.345 e. The minimum absolute atomic E-state index is 0.0388. The summed E-state index contributed by atoms with van der Waals surface area (Å²) in [6, 6.07) is 1.06. The van der Waals surface area contributed by atoms with Crippen molar-refractivity contribution in [2.24, 2.45) is 0 Å².